The lowest BCUT2D eigenvalue weighted by atomic mass is 10.1. The maximum absolute atomic E-state index is 12.7. The van der Waals surface area contributed by atoms with E-state index in [-0.39, 0.29) is 23.9 Å². The Bertz CT molecular complexity index is 997. The van der Waals surface area contributed by atoms with Crippen molar-refractivity contribution >= 4 is 23.5 Å². The minimum atomic E-state index is -0.312. The Morgan fingerprint density at radius 3 is 2.76 bits per heavy atom. The number of ketones is 1. The van der Waals surface area contributed by atoms with Gasteiger partial charge in [0.2, 0.25) is 5.95 Å². The summed E-state index contributed by atoms with van der Waals surface area (Å²) in [5.41, 5.74) is 2.11. The molecule has 0 radical (unpaired) electrons. The van der Waals surface area contributed by atoms with Gasteiger partial charge in [0, 0.05) is 37.3 Å². The van der Waals surface area contributed by atoms with Crippen LogP contribution in [-0.4, -0.2) is 59.5 Å². The molecule has 0 aliphatic carbocycles. The summed E-state index contributed by atoms with van der Waals surface area (Å²) in [6.45, 7) is 4.74. The van der Waals surface area contributed by atoms with Crippen molar-refractivity contribution < 1.29 is 14.3 Å². The van der Waals surface area contributed by atoms with E-state index in [1.807, 2.05) is 4.90 Å². The number of nitrogens with one attached hydrogen (secondary N) is 2. The van der Waals surface area contributed by atoms with E-state index in [1.165, 1.54) is 6.92 Å². The van der Waals surface area contributed by atoms with Gasteiger partial charge in [-0.2, -0.15) is 0 Å². The average Bonchev–Trinajstić information content (AvgIpc) is 2.74. The van der Waals surface area contributed by atoms with E-state index in [1.54, 1.807) is 29.2 Å². The first-order valence-electron chi connectivity index (χ1n) is 9.63. The Morgan fingerprint density at radius 2 is 2.00 bits per heavy atom. The van der Waals surface area contributed by atoms with Crippen LogP contribution in [0.3, 0.4) is 0 Å². The minimum Gasteiger partial charge on any atom is -0.378 e. The summed E-state index contributed by atoms with van der Waals surface area (Å²) < 4.78 is 5.34. The van der Waals surface area contributed by atoms with E-state index in [0.29, 0.717) is 62.0 Å². The number of H-pyrrole nitrogens is 1. The number of aromatic amines is 1. The molecule has 4 rings (SSSR count). The molecular formula is C20H23N5O4. The molecule has 9 heteroatoms. The van der Waals surface area contributed by atoms with E-state index in [9.17, 15) is 14.4 Å². The zero-order valence-corrected chi connectivity index (χ0v) is 16.2. The van der Waals surface area contributed by atoms with Crippen LogP contribution >= 0.6 is 0 Å². The Labute approximate surface area is 167 Å². The van der Waals surface area contributed by atoms with Gasteiger partial charge in [0.15, 0.2) is 5.78 Å². The third kappa shape index (κ3) is 4.14. The number of urea groups is 1. The molecule has 9 nitrogen and oxygen atoms in total. The molecule has 2 aromatic rings. The molecule has 2 N–H and O–H groups in total. The number of morpholine rings is 1. The van der Waals surface area contributed by atoms with Crippen molar-refractivity contribution in [2.45, 2.75) is 19.9 Å². The number of carbonyl (C=O) groups excluding carboxylic acids is 2. The summed E-state index contributed by atoms with van der Waals surface area (Å²) in [5.74, 6) is 0.498. The summed E-state index contributed by atoms with van der Waals surface area (Å²) in [7, 11) is 0. The summed E-state index contributed by atoms with van der Waals surface area (Å²) in [4.78, 5) is 47.9. The second-order valence-corrected chi connectivity index (χ2v) is 7.15. The summed E-state index contributed by atoms with van der Waals surface area (Å²) in [6.07, 6.45) is 0.511. The highest BCUT2D eigenvalue weighted by molar-refractivity contribution is 5.96. The monoisotopic (exact) mass is 397 g/mol. The Hall–Kier alpha value is -3.20. The molecule has 3 heterocycles. The van der Waals surface area contributed by atoms with Gasteiger partial charge in [-0.1, -0.05) is 12.1 Å². The fourth-order valence-corrected chi connectivity index (χ4v) is 3.53. The van der Waals surface area contributed by atoms with Crippen LogP contribution in [0.4, 0.5) is 16.4 Å². The maximum atomic E-state index is 12.7. The van der Waals surface area contributed by atoms with Gasteiger partial charge in [0.1, 0.15) is 0 Å². The van der Waals surface area contributed by atoms with E-state index >= 15 is 0 Å². The molecular weight excluding hydrogens is 374 g/mol. The van der Waals surface area contributed by atoms with Crippen LogP contribution in [0.15, 0.2) is 29.1 Å². The van der Waals surface area contributed by atoms with Gasteiger partial charge in [0.05, 0.1) is 31.0 Å². The van der Waals surface area contributed by atoms with Crippen LogP contribution in [0.25, 0.3) is 0 Å². The fraction of sp³-hybridized carbons (Fsp3) is 0.400. The number of anilines is 2. The average molecular weight is 397 g/mol. The van der Waals surface area contributed by atoms with Gasteiger partial charge in [-0.3, -0.25) is 14.6 Å². The van der Waals surface area contributed by atoms with Crippen LogP contribution in [0.5, 0.6) is 0 Å². The highest BCUT2D eigenvalue weighted by atomic mass is 16.5. The van der Waals surface area contributed by atoms with Crippen molar-refractivity contribution in [3.05, 3.63) is 51.4 Å². The largest absolute Gasteiger partial charge is 0.378 e. The van der Waals surface area contributed by atoms with E-state index < -0.39 is 0 Å². The van der Waals surface area contributed by atoms with Crippen molar-refractivity contribution in [3.8, 4) is 0 Å². The Balaban J connectivity index is 1.48. The molecule has 1 saturated heterocycles. The number of carbonyl (C=O) groups is 2. The number of rotatable bonds is 3. The molecule has 2 aliphatic rings. The molecule has 0 atom stereocenters. The van der Waals surface area contributed by atoms with Gasteiger partial charge >= 0.3 is 6.03 Å². The summed E-state index contributed by atoms with van der Waals surface area (Å²) in [6, 6.07) is 6.48. The molecule has 2 amide bonds. The standard InChI is InChI=1S/C20H23N5O4/c1-13(26)14-3-2-4-15(11-14)21-20(28)25-6-5-17-16(12-25)18(27)23-19(22-17)24-7-9-29-10-8-24/h2-4,11H,5-10,12H2,1H3,(H,21,28)(H,22,23,27). The SMILES string of the molecule is CC(=O)c1cccc(NC(=O)N2CCc3nc(N4CCOCC4)[nH]c(=O)c3C2)c1. The van der Waals surface area contributed by atoms with Gasteiger partial charge in [-0.05, 0) is 19.1 Å². The number of hydrogen-bond acceptors (Lipinski definition) is 6. The number of Topliss-reactive ketones (excluding diaryl/α,β-unsaturated/α-hetero) is 1. The molecule has 0 spiro atoms. The zero-order chi connectivity index (χ0) is 20.4. The fourth-order valence-electron chi connectivity index (χ4n) is 3.53. The first kappa shape index (κ1) is 19.1. The summed E-state index contributed by atoms with van der Waals surface area (Å²) >= 11 is 0. The Kier molecular flexibility index (Phi) is 5.30. The van der Waals surface area contributed by atoms with Crippen molar-refractivity contribution in [2.75, 3.05) is 43.1 Å². The van der Waals surface area contributed by atoms with Crippen LogP contribution in [-0.2, 0) is 17.7 Å². The number of benzene rings is 1. The van der Waals surface area contributed by atoms with Gasteiger partial charge in [-0.15, -0.1) is 0 Å². The smallest absolute Gasteiger partial charge is 0.322 e. The van der Waals surface area contributed by atoms with Gasteiger partial charge < -0.3 is 19.9 Å². The van der Waals surface area contributed by atoms with Crippen LogP contribution in [0.1, 0.15) is 28.5 Å². The lowest BCUT2D eigenvalue weighted by Gasteiger charge is -2.30. The van der Waals surface area contributed by atoms with E-state index in [4.69, 9.17) is 4.74 Å². The first-order chi connectivity index (χ1) is 14.0. The van der Waals surface area contributed by atoms with E-state index in [0.717, 1.165) is 5.69 Å². The predicted octanol–water partition coefficient (Wildman–Crippen LogP) is 1.40. The van der Waals surface area contributed by atoms with Crippen molar-refractivity contribution in [1.82, 2.24) is 14.9 Å². The number of amides is 2. The lowest BCUT2D eigenvalue weighted by Crippen LogP contribution is -2.43. The van der Waals surface area contributed by atoms with Gasteiger partial charge in [0.25, 0.3) is 5.56 Å². The molecule has 0 bridgehead atoms. The number of hydrogen-bond donors (Lipinski definition) is 2. The quantitative estimate of drug-likeness (QED) is 0.758. The molecule has 0 unspecified atom stereocenters. The number of ether oxygens (including phenoxy) is 1. The maximum Gasteiger partial charge on any atom is 0.322 e. The number of nitrogens with zero attached hydrogens (tertiary/aromatic N) is 3. The second kappa shape index (κ2) is 8.04. The normalized spacial score (nSPS) is 16.3. The molecule has 2 aliphatic heterocycles. The second-order valence-electron chi connectivity index (χ2n) is 7.15. The molecule has 29 heavy (non-hydrogen) atoms. The van der Waals surface area contributed by atoms with Gasteiger partial charge in [-0.25, -0.2) is 9.78 Å². The van der Waals surface area contributed by atoms with Crippen LogP contribution < -0.4 is 15.8 Å². The van der Waals surface area contributed by atoms with Crippen LogP contribution in [0.2, 0.25) is 0 Å². The molecule has 152 valence electrons. The number of aromatic nitrogens is 2. The molecule has 1 fully saturated rings. The molecule has 1 aromatic carbocycles. The predicted molar refractivity (Wildman–Crippen MR) is 107 cm³/mol. The lowest BCUT2D eigenvalue weighted by molar-refractivity contribution is 0.101. The highest BCUT2D eigenvalue weighted by Gasteiger charge is 2.26. The molecule has 0 saturated carbocycles. The topological polar surface area (TPSA) is 108 Å². The zero-order valence-electron chi connectivity index (χ0n) is 16.2. The van der Waals surface area contributed by atoms with Crippen molar-refractivity contribution in [2.24, 2.45) is 0 Å². The minimum absolute atomic E-state index is 0.0679. The van der Waals surface area contributed by atoms with Crippen molar-refractivity contribution in [1.29, 1.82) is 0 Å². The first-order valence-corrected chi connectivity index (χ1v) is 9.63. The Morgan fingerprint density at radius 1 is 1.21 bits per heavy atom. The molecule has 1 aromatic heterocycles. The number of fused-ring (bicyclic) bond motifs is 1. The van der Waals surface area contributed by atoms with E-state index in [2.05, 4.69) is 15.3 Å². The third-order valence-electron chi connectivity index (χ3n) is 5.17. The third-order valence-corrected chi connectivity index (χ3v) is 5.17. The summed E-state index contributed by atoms with van der Waals surface area (Å²) in [5, 5.41) is 2.80. The highest BCUT2D eigenvalue weighted by Crippen LogP contribution is 2.19. The van der Waals surface area contributed by atoms with Crippen molar-refractivity contribution in [3.63, 3.8) is 0 Å². The van der Waals surface area contributed by atoms with Crippen LogP contribution in [0, 0.1) is 0 Å².